The molecular weight excluding hydrogens is 300 g/mol. The molecule has 0 aliphatic carbocycles. The van der Waals surface area contributed by atoms with Crippen LogP contribution in [0.5, 0.6) is 0 Å². The minimum atomic E-state index is -0.0111. The van der Waals surface area contributed by atoms with E-state index in [1.807, 2.05) is 34.9 Å². The van der Waals surface area contributed by atoms with Crippen LogP contribution in [0.1, 0.15) is 5.56 Å². The lowest BCUT2D eigenvalue weighted by Gasteiger charge is -2.02. The van der Waals surface area contributed by atoms with Crippen molar-refractivity contribution in [1.29, 1.82) is 0 Å². The topological polar surface area (TPSA) is 62.5 Å². The highest BCUT2D eigenvalue weighted by Gasteiger charge is 2.05. The number of rotatable bonds is 4. The van der Waals surface area contributed by atoms with Gasteiger partial charge in [-0.3, -0.25) is 0 Å². The molecule has 0 atom stereocenters. The zero-order valence-electron chi connectivity index (χ0n) is 12.9. The van der Waals surface area contributed by atoms with Crippen molar-refractivity contribution >= 4 is 17.3 Å². The summed E-state index contributed by atoms with van der Waals surface area (Å²) < 4.78 is 1.99. The van der Waals surface area contributed by atoms with E-state index in [1.54, 1.807) is 18.3 Å². The predicted octanol–water partition coefficient (Wildman–Crippen LogP) is 3.63. The van der Waals surface area contributed by atoms with Crippen molar-refractivity contribution < 1.29 is 5.11 Å². The first-order valence-electron chi connectivity index (χ1n) is 7.69. The molecule has 0 bridgehead atoms. The van der Waals surface area contributed by atoms with Gasteiger partial charge >= 0.3 is 0 Å². The summed E-state index contributed by atoms with van der Waals surface area (Å²) in [5, 5.41) is 12.4. The maximum atomic E-state index is 9.21. The first-order chi connectivity index (χ1) is 11.8. The molecule has 5 nitrogen and oxygen atoms in total. The predicted molar refractivity (Wildman–Crippen MR) is 94.1 cm³/mol. The van der Waals surface area contributed by atoms with Crippen LogP contribution < -0.4 is 5.32 Å². The van der Waals surface area contributed by atoms with E-state index >= 15 is 0 Å². The molecule has 0 unspecified atom stereocenters. The molecule has 0 spiro atoms. The first-order valence-corrected chi connectivity index (χ1v) is 7.69. The molecule has 4 aromatic rings. The first kappa shape index (κ1) is 14.4. The molecule has 0 aliphatic heterocycles. The van der Waals surface area contributed by atoms with Gasteiger partial charge < -0.3 is 14.8 Å². The van der Waals surface area contributed by atoms with E-state index in [2.05, 4.69) is 39.7 Å². The van der Waals surface area contributed by atoms with Gasteiger partial charge in [-0.25, -0.2) is 9.97 Å². The number of hydrogen-bond donors (Lipinski definition) is 2. The minimum Gasteiger partial charge on any atom is -0.392 e. The molecule has 4 rings (SSSR count). The van der Waals surface area contributed by atoms with E-state index in [4.69, 9.17) is 0 Å². The monoisotopic (exact) mass is 316 g/mol. The molecule has 1 aromatic carbocycles. The lowest BCUT2D eigenvalue weighted by atomic mass is 10.1. The molecule has 0 saturated heterocycles. The Bertz CT molecular complexity index is 979. The van der Waals surface area contributed by atoms with Crippen molar-refractivity contribution in [3.8, 4) is 11.1 Å². The summed E-state index contributed by atoms with van der Waals surface area (Å²) in [4.78, 5) is 8.79. The number of anilines is 2. The smallest absolute Gasteiger partial charge is 0.150 e. The van der Waals surface area contributed by atoms with E-state index < -0.39 is 0 Å². The summed E-state index contributed by atoms with van der Waals surface area (Å²) in [6.45, 7) is -0.0111. The zero-order chi connectivity index (χ0) is 16.4. The molecule has 3 aromatic heterocycles. The molecule has 2 N–H and O–H groups in total. The summed E-state index contributed by atoms with van der Waals surface area (Å²) in [6, 6.07) is 17.9. The van der Waals surface area contributed by atoms with Gasteiger partial charge in [-0.2, -0.15) is 0 Å². The second-order valence-electron chi connectivity index (χ2n) is 5.51. The summed E-state index contributed by atoms with van der Waals surface area (Å²) in [5.41, 5.74) is 3.96. The van der Waals surface area contributed by atoms with Crippen LogP contribution in [0.15, 0.2) is 73.2 Å². The third kappa shape index (κ3) is 2.85. The Hall–Kier alpha value is -3.18. The molecule has 0 fully saturated rings. The zero-order valence-corrected chi connectivity index (χ0v) is 12.9. The molecule has 118 valence electrons. The number of benzene rings is 1. The number of hydrogen-bond acceptors (Lipinski definition) is 4. The largest absolute Gasteiger partial charge is 0.392 e. The van der Waals surface area contributed by atoms with Gasteiger partial charge in [0.25, 0.3) is 0 Å². The maximum absolute atomic E-state index is 9.21. The highest BCUT2D eigenvalue weighted by molar-refractivity contribution is 5.66. The van der Waals surface area contributed by atoms with Crippen molar-refractivity contribution in [1.82, 2.24) is 14.4 Å². The van der Waals surface area contributed by atoms with Crippen LogP contribution in [0.25, 0.3) is 16.8 Å². The van der Waals surface area contributed by atoms with Crippen molar-refractivity contribution in [3.63, 3.8) is 0 Å². The Morgan fingerprint density at radius 3 is 2.62 bits per heavy atom. The minimum absolute atomic E-state index is 0.0111. The summed E-state index contributed by atoms with van der Waals surface area (Å²) in [6.07, 6.45) is 5.65. The Morgan fingerprint density at radius 2 is 1.79 bits per heavy atom. The molecular formula is C19H16N4O. The van der Waals surface area contributed by atoms with Crippen LogP contribution in [0.4, 0.5) is 11.6 Å². The van der Waals surface area contributed by atoms with Crippen LogP contribution in [0.3, 0.4) is 0 Å². The van der Waals surface area contributed by atoms with E-state index in [-0.39, 0.29) is 6.61 Å². The maximum Gasteiger partial charge on any atom is 0.150 e. The number of aliphatic hydroxyl groups excluding tert-OH is 1. The van der Waals surface area contributed by atoms with Crippen LogP contribution in [0.2, 0.25) is 0 Å². The third-order valence-electron chi connectivity index (χ3n) is 3.82. The number of imidazole rings is 1. The highest BCUT2D eigenvalue weighted by Crippen LogP contribution is 2.22. The number of aliphatic hydroxyl groups is 1. The third-order valence-corrected chi connectivity index (χ3v) is 3.82. The number of nitrogens with zero attached hydrogens (tertiary/aromatic N) is 3. The van der Waals surface area contributed by atoms with Crippen molar-refractivity contribution in [2.75, 3.05) is 5.32 Å². The van der Waals surface area contributed by atoms with Crippen LogP contribution in [-0.4, -0.2) is 19.5 Å². The Balaban J connectivity index is 1.65. The lowest BCUT2D eigenvalue weighted by Crippen LogP contribution is -1.95. The highest BCUT2D eigenvalue weighted by atomic mass is 16.3. The summed E-state index contributed by atoms with van der Waals surface area (Å²) in [7, 11) is 0. The lowest BCUT2D eigenvalue weighted by molar-refractivity contribution is 0.282. The van der Waals surface area contributed by atoms with Crippen LogP contribution in [0, 0.1) is 0 Å². The Morgan fingerprint density at radius 1 is 0.917 bits per heavy atom. The SMILES string of the molecule is OCc1ccnc(Nc2cn3cc(-c4ccccc4)ccc3n2)c1. The molecule has 0 amide bonds. The fraction of sp³-hybridized carbons (Fsp3) is 0.0526. The van der Waals surface area contributed by atoms with Crippen LogP contribution >= 0.6 is 0 Å². The van der Waals surface area contributed by atoms with E-state index in [9.17, 15) is 5.11 Å². The van der Waals surface area contributed by atoms with E-state index in [0.717, 1.165) is 16.8 Å². The van der Waals surface area contributed by atoms with Gasteiger partial charge in [0.2, 0.25) is 0 Å². The van der Waals surface area contributed by atoms with Gasteiger partial charge in [0.15, 0.2) is 5.82 Å². The number of aromatic nitrogens is 3. The fourth-order valence-electron chi connectivity index (χ4n) is 2.63. The number of fused-ring (bicyclic) bond motifs is 1. The molecule has 0 radical (unpaired) electrons. The Kier molecular flexibility index (Phi) is 3.69. The standard InChI is InChI=1S/C19H16N4O/c24-13-14-8-9-20-17(10-14)21-18-12-23-11-16(6-7-19(23)22-18)15-4-2-1-3-5-15/h1-12,24H,13H2,(H,20,21). The van der Waals surface area contributed by atoms with Gasteiger partial charge in [-0.1, -0.05) is 30.3 Å². The van der Waals surface area contributed by atoms with Crippen molar-refractivity contribution in [2.24, 2.45) is 0 Å². The molecule has 3 heterocycles. The number of nitrogens with one attached hydrogen (secondary N) is 1. The van der Waals surface area contributed by atoms with E-state index in [0.29, 0.717) is 11.6 Å². The average molecular weight is 316 g/mol. The molecule has 5 heteroatoms. The molecule has 0 aliphatic rings. The normalized spacial score (nSPS) is 10.9. The molecule has 24 heavy (non-hydrogen) atoms. The Labute approximate surface area is 139 Å². The van der Waals surface area contributed by atoms with Gasteiger partial charge in [0.1, 0.15) is 11.5 Å². The van der Waals surface area contributed by atoms with Crippen LogP contribution in [-0.2, 0) is 6.61 Å². The fourth-order valence-corrected chi connectivity index (χ4v) is 2.63. The second-order valence-corrected chi connectivity index (χ2v) is 5.51. The van der Waals surface area contributed by atoms with Crippen molar-refractivity contribution in [2.45, 2.75) is 6.61 Å². The van der Waals surface area contributed by atoms with Gasteiger partial charge in [-0.05, 0) is 41.0 Å². The van der Waals surface area contributed by atoms with Gasteiger partial charge in [0.05, 0.1) is 12.8 Å². The van der Waals surface area contributed by atoms with E-state index in [1.165, 1.54) is 5.56 Å². The number of pyridine rings is 2. The van der Waals surface area contributed by atoms with Gasteiger partial charge in [-0.15, -0.1) is 0 Å². The summed E-state index contributed by atoms with van der Waals surface area (Å²) in [5.74, 6) is 1.37. The van der Waals surface area contributed by atoms with Crippen molar-refractivity contribution in [3.05, 3.63) is 78.8 Å². The molecule has 0 saturated carbocycles. The second kappa shape index (κ2) is 6.14. The summed E-state index contributed by atoms with van der Waals surface area (Å²) >= 11 is 0. The van der Waals surface area contributed by atoms with Gasteiger partial charge in [0, 0.05) is 12.4 Å². The average Bonchev–Trinajstić information content (AvgIpc) is 3.04. The quantitative estimate of drug-likeness (QED) is 0.603.